The Kier molecular flexibility index (Phi) is 5.64. The highest BCUT2D eigenvalue weighted by atomic mass is 19.1. The van der Waals surface area contributed by atoms with E-state index in [4.69, 9.17) is 5.73 Å². The number of hydrogen-bond donors (Lipinski definition) is 4. The van der Waals surface area contributed by atoms with Crippen LogP contribution in [0.3, 0.4) is 0 Å². The van der Waals surface area contributed by atoms with Crippen molar-refractivity contribution in [2.24, 2.45) is 15.7 Å². The van der Waals surface area contributed by atoms with Gasteiger partial charge < -0.3 is 16.4 Å². The molecule has 0 radical (unpaired) electrons. The third kappa shape index (κ3) is 5.13. The number of guanidine groups is 2. The smallest absolute Gasteiger partial charge is 0.252 e. The predicted molar refractivity (Wildman–Crippen MR) is 105 cm³/mol. The molecule has 0 aliphatic carbocycles. The molecule has 0 bridgehead atoms. The molecule has 0 fully saturated rings. The fourth-order valence-electron chi connectivity index (χ4n) is 2.56. The highest BCUT2D eigenvalue weighted by Gasteiger charge is 2.28. The molecule has 2 aromatic rings. The van der Waals surface area contributed by atoms with Crippen molar-refractivity contribution in [3.8, 4) is 0 Å². The maximum Gasteiger partial charge on any atom is 0.252 e. The van der Waals surface area contributed by atoms with Crippen molar-refractivity contribution < 1.29 is 14.0 Å². The Morgan fingerprint density at radius 1 is 1.21 bits per heavy atom. The zero-order valence-electron chi connectivity index (χ0n) is 15.1. The molecule has 5 N–H and O–H groups in total. The molecule has 0 aromatic heterocycles. The van der Waals surface area contributed by atoms with E-state index in [9.17, 15) is 14.0 Å². The summed E-state index contributed by atoms with van der Waals surface area (Å²) < 4.78 is 12.9. The van der Waals surface area contributed by atoms with Gasteiger partial charge in [-0.25, -0.2) is 9.38 Å². The number of benzene rings is 2. The topological polar surface area (TPSA) is 121 Å². The molecule has 0 saturated carbocycles. The van der Waals surface area contributed by atoms with Crippen LogP contribution in [-0.2, 0) is 9.59 Å². The molecule has 1 atom stereocenters. The van der Waals surface area contributed by atoms with Crippen LogP contribution in [0, 0.1) is 12.7 Å². The van der Waals surface area contributed by atoms with Crippen molar-refractivity contribution in [1.29, 1.82) is 0 Å². The van der Waals surface area contributed by atoms with E-state index in [0.717, 1.165) is 11.3 Å². The highest BCUT2D eigenvalue weighted by molar-refractivity contribution is 6.11. The first-order valence-electron chi connectivity index (χ1n) is 8.51. The monoisotopic (exact) mass is 382 g/mol. The van der Waals surface area contributed by atoms with Gasteiger partial charge in [-0.3, -0.25) is 14.9 Å². The summed E-state index contributed by atoms with van der Waals surface area (Å²) in [5, 5.41) is 7.97. The van der Waals surface area contributed by atoms with E-state index in [1.807, 2.05) is 31.2 Å². The zero-order valence-corrected chi connectivity index (χ0v) is 15.1. The van der Waals surface area contributed by atoms with Gasteiger partial charge in [-0.15, -0.1) is 0 Å². The number of nitrogens with one attached hydrogen (secondary N) is 3. The molecular weight excluding hydrogens is 363 g/mol. The van der Waals surface area contributed by atoms with E-state index in [1.165, 1.54) is 24.3 Å². The third-order valence-corrected chi connectivity index (χ3v) is 3.84. The number of anilines is 2. The highest BCUT2D eigenvalue weighted by Crippen LogP contribution is 2.12. The fraction of sp³-hybridized carbons (Fsp3) is 0.158. The van der Waals surface area contributed by atoms with Gasteiger partial charge in [0, 0.05) is 11.4 Å². The summed E-state index contributed by atoms with van der Waals surface area (Å²) in [5.41, 5.74) is 8.07. The largest absolute Gasteiger partial charge is 0.369 e. The van der Waals surface area contributed by atoms with Crippen molar-refractivity contribution in [1.82, 2.24) is 5.32 Å². The lowest BCUT2D eigenvalue weighted by Crippen LogP contribution is -2.32. The number of carbonyl (C=O) groups is 2. The van der Waals surface area contributed by atoms with Gasteiger partial charge in [0.2, 0.25) is 17.8 Å². The first-order chi connectivity index (χ1) is 13.4. The van der Waals surface area contributed by atoms with E-state index in [1.54, 1.807) is 0 Å². The number of amides is 2. The van der Waals surface area contributed by atoms with Crippen molar-refractivity contribution >= 4 is 35.1 Å². The molecule has 1 heterocycles. The third-order valence-electron chi connectivity index (χ3n) is 3.84. The molecule has 1 unspecified atom stereocenters. The van der Waals surface area contributed by atoms with Crippen LogP contribution < -0.4 is 21.7 Å². The zero-order chi connectivity index (χ0) is 20.1. The van der Waals surface area contributed by atoms with Gasteiger partial charge in [0.1, 0.15) is 11.9 Å². The molecule has 2 aromatic carbocycles. The van der Waals surface area contributed by atoms with Crippen LogP contribution >= 0.6 is 0 Å². The average molecular weight is 382 g/mol. The summed E-state index contributed by atoms with van der Waals surface area (Å²) in [4.78, 5) is 32.2. The number of halogens is 1. The molecule has 3 rings (SSSR count). The SMILES string of the molecule is Cc1cccc(N/C(N)=N/C2=NC(CC(=O)Nc3ccc(F)cc3)C(=O)N2)c1. The van der Waals surface area contributed by atoms with Gasteiger partial charge in [-0.05, 0) is 48.9 Å². The summed E-state index contributed by atoms with van der Waals surface area (Å²) in [6.07, 6.45) is -0.173. The number of nitrogens with two attached hydrogens (primary N) is 1. The lowest BCUT2D eigenvalue weighted by atomic mass is 10.2. The molecule has 0 spiro atoms. The van der Waals surface area contributed by atoms with E-state index in [0.29, 0.717) is 5.69 Å². The van der Waals surface area contributed by atoms with Gasteiger partial charge in [0.05, 0.1) is 6.42 Å². The van der Waals surface area contributed by atoms with Crippen molar-refractivity contribution in [2.45, 2.75) is 19.4 Å². The number of hydrogen-bond acceptors (Lipinski definition) is 4. The number of aryl methyl sites for hydroxylation is 1. The first kappa shape index (κ1) is 19.0. The van der Waals surface area contributed by atoms with E-state index >= 15 is 0 Å². The van der Waals surface area contributed by atoms with Gasteiger partial charge in [-0.2, -0.15) is 4.99 Å². The molecule has 144 valence electrons. The number of carbonyl (C=O) groups excluding carboxylic acids is 2. The summed E-state index contributed by atoms with van der Waals surface area (Å²) in [7, 11) is 0. The predicted octanol–water partition coefficient (Wildman–Crippen LogP) is 1.74. The number of rotatable bonds is 4. The lowest BCUT2D eigenvalue weighted by molar-refractivity contribution is -0.123. The maximum absolute atomic E-state index is 12.9. The normalized spacial score (nSPS) is 16.4. The van der Waals surface area contributed by atoms with E-state index < -0.39 is 23.7 Å². The minimum Gasteiger partial charge on any atom is -0.369 e. The second kappa shape index (κ2) is 8.30. The molecule has 2 amide bonds. The number of nitrogens with zero attached hydrogens (tertiary/aromatic N) is 2. The van der Waals surface area contributed by atoms with Gasteiger partial charge in [0.25, 0.3) is 5.91 Å². The Balaban J connectivity index is 1.60. The summed E-state index contributed by atoms with van der Waals surface area (Å²) >= 11 is 0. The summed E-state index contributed by atoms with van der Waals surface area (Å²) in [6.45, 7) is 1.95. The Hall–Kier alpha value is -3.75. The quantitative estimate of drug-likeness (QED) is 0.475. The summed E-state index contributed by atoms with van der Waals surface area (Å²) in [5.74, 6) is -1.19. The minimum absolute atomic E-state index is 0.0298. The Morgan fingerprint density at radius 3 is 2.68 bits per heavy atom. The standard InChI is InChI=1S/C19H19FN6O2/c1-11-3-2-4-14(9-11)23-18(21)26-19-24-15(17(28)25-19)10-16(27)22-13-7-5-12(20)6-8-13/h2-9,15H,10H2,1H3,(H,22,27)(H4,21,23,24,25,26,28). The minimum atomic E-state index is -0.911. The second-order valence-electron chi connectivity index (χ2n) is 6.21. The van der Waals surface area contributed by atoms with Crippen molar-refractivity contribution in [2.75, 3.05) is 10.6 Å². The van der Waals surface area contributed by atoms with Crippen LogP contribution in [0.15, 0.2) is 58.5 Å². The molecule has 28 heavy (non-hydrogen) atoms. The molecular formula is C19H19FN6O2. The van der Waals surface area contributed by atoms with Crippen LogP contribution in [0.25, 0.3) is 0 Å². The first-order valence-corrected chi connectivity index (χ1v) is 8.51. The van der Waals surface area contributed by atoms with Crippen LogP contribution in [0.2, 0.25) is 0 Å². The van der Waals surface area contributed by atoms with Gasteiger partial charge in [-0.1, -0.05) is 12.1 Å². The van der Waals surface area contributed by atoms with Crippen LogP contribution in [0.4, 0.5) is 15.8 Å². The van der Waals surface area contributed by atoms with Gasteiger partial charge in [0.15, 0.2) is 0 Å². The average Bonchev–Trinajstić information content (AvgIpc) is 2.95. The Morgan fingerprint density at radius 2 is 1.96 bits per heavy atom. The van der Waals surface area contributed by atoms with Crippen molar-refractivity contribution in [3.63, 3.8) is 0 Å². The fourth-order valence-corrected chi connectivity index (χ4v) is 2.56. The van der Waals surface area contributed by atoms with Gasteiger partial charge >= 0.3 is 0 Å². The van der Waals surface area contributed by atoms with Crippen molar-refractivity contribution in [3.05, 3.63) is 59.9 Å². The maximum atomic E-state index is 12.9. The molecule has 1 aliphatic rings. The molecule has 8 nitrogen and oxygen atoms in total. The van der Waals surface area contributed by atoms with E-state index in [2.05, 4.69) is 25.9 Å². The number of aliphatic imine (C=N–C) groups is 2. The van der Waals surface area contributed by atoms with E-state index in [-0.39, 0.29) is 18.3 Å². The van der Waals surface area contributed by atoms with Crippen LogP contribution in [0.5, 0.6) is 0 Å². The Bertz CT molecular complexity index is 955. The molecule has 1 aliphatic heterocycles. The summed E-state index contributed by atoms with van der Waals surface area (Å²) in [6, 6.07) is 11.9. The second-order valence-corrected chi connectivity index (χ2v) is 6.21. The molecule has 9 heteroatoms. The van der Waals surface area contributed by atoms with Crippen LogP contribution in [-0.4, -0.2) is 29.8 Å². The molecule has 0 saturated heterocycles. The lowest BCUT2D eigenvalue weighted by Gasteiger charge is -2.06. The van der Waals surface area contributed by atoms with Crippen LogP contribution in [0.1, 0.15) is 12.0 Å². The Labute approximate surface area is 160 Å².